The maximum atomic E-state index is 10.7. The summed E-state index contributed by atoms with van der Waals surface area (Å²) in [5.41, 5.74) is 2.37. The van der Waals surface area contributed by atoms with Gasteiger partial charge in [0.1, 0.15) is 6.10 Å². The van der Waals surface area contributed by atoms with Gasteiger partial charge in [0.25, 0.3) is 0 Å². The van der Waals surface area contributed by atoms with E-state index in [1.54, 1.807) is 0 Å². The molecule has 0 aromatic heterocycles. The van der Waals surface area contributed by atoms with Gasteiger partial charge < -0.3 is 9.47 Å². The quantitative estimate of drug-likeness (QED) is 0.772. The monoisotopic (exact) mass is 284 g/mol. The van der Waals surface area contributed by atoms with Gasteiger partial charge in [-0.05, 0) is 39.2 Å². The van der Waals surface area contributed by atoms with Crippen LogP contribution in [0, 0.1) is 0 Å². The molecule has 98 valence electrons. The molecule has 1 saturated heterocycles. The Morgan fingerprint density at radius 1 is 1.39 bits per heavy atom. The van der Waals surface area contributed by atoms with Gasteiger partial charge in [0, 0.05) is 6.16 Å². The summed E-state index contributed by atoms with van der Waals surface area (Å²) in [7, 11) is -0.159. The molecule has 0 saturated carbocycles. The zero-order chi connectivity index (χ0) is 13.2. The van der Waals surface area contributed by atoms with E-state index < -0.39 is 13.4 Å². The van der Waals surface area contributed by atoms with Crippen LogP contribution in [0.3, 0.4) is 0 Å². The molecule has 1 aliphatic rings. The molecule has 1 aromatic rings. The number of ether oxygens (including phenoxy) is 2. The average molecular weight is 284 g/mol. The van der Waals surface area contributed by atoms with Gasteiger partial charge in [0.05, 0.1) is 6.61 Å². The van der Waals surface area contributed by atoms with Crippen LogP contribution in [0.5, 0.6) is 0 Å². The molecule has 2 atom stereocenters. The van der Waals surface area contributed by atoms with E-state index in [0.29, 0.717) is 6.61 Å². The molecular formula is C13H18O3P2. The highest BCUT2D eigenvalue weighted by Crippen LogP contribution is 2.47. The topological polar surface area (TPSA) is 35.5 Å². The van der Waals surface area contributed by atoms with Crippen LogP contribution < -0.4 is 0 Å². The van der Waals surface area contributed by atoms with Crippen LogP contribution in [-0.4, -0.2) is 19.1 Å². The van der Waals surface area contributed by atoms with E-state index in [4.69, 9.17) is 9.47 Å². The van der Waals surface area contributed by atoms with E-state index in [9.17, 15) is 4.57 Å². The molecule has 2 unspecified atom stereocenters. The van der Waals surface area contributed by atoms with Crippen molar-refractivity contribution in [2.75, 3.05) is 13.3 Å². The zero-order valence-electron chi connectivity index (χ0n) is 10.9. The Balaban J connectivity index is 2.02. The molecule has 1 fully saturated rings. The molecule has 0 amide bonds. The minimum atomic E-state index is -0.484. The molecule has 1 heterocycles. The van der Waals surface area contributed by atoms with Crippen molar-refractivity contribution in [3.8, 4) is 0 Å². The van der Waals surface area contributed by atoms with Crippen LogP contribution in [-0.2, 0) is 20.2 Å². The van der Waals surface area contributed by atoms with E-state index in [2.05, 4.69) is 24.3 Å². The minimum absolute atomic E-state index is 0.0230. The predicted octanol–water partition coefficient (Wildman–Crippen LogP) is 4.33. The first-order valence-corrected chi connectivity index (χ1v) is 9.44. The fourth-order valence-corrected chi connectivity index (χ4v) is 3.44. The molecule has 1 aromatic carbocycles. The van der Waals surface area contributed by atoms with E-state index in [1.165, 1.54) is 5.56 Å². The first kappa shape index (κ1) is 14.1. The summed E-state index contributed by atoms with van der Waals surface area (Å²) in [6.07, 6.45) is 0.920. The molecule has 5 heteroatoms. The molecule has 3 nitrogen and oxygen atoms in total. The van der Waals surface area contributed by atoms with Gasteiger partial charge in [0.15, 0.2) is 13.9 Å². The van der Waals surface area contributed by atoms with E-state index in [1.807, 2.05) is 20.5 Å². The van der Waals surface area contributed by atoms with Gasteiger partial charge in [-0.15, -0.1) is 0 Å². The largest absolute Gasteiger partial charge is 0.347 e. The molecule has 0 bridgehead atoms. The van der Waals surface area contributed by atoms with Gasteiger partial charge >= 0.3 is 0 Å². The number of rotatable bonds is 4. The van der Waals surface area contributed by atoms with Crippen LogP contribution >= 0.6 is 15.8 Å². The normalized spacial score (nSPS) is 24.3. The second-order valence-electron chi connectivity index (χ2n) is 4.96. The van der Waals surface area contributed by atoms with Crippen LogP contribution in [0.25, 0.3) is 0 Å². The molecule has 18 heavy (non-hydrogen) atoms. The Hall–Kier alpha value is -0.330. The van der Waals surface area contributed by atoms with Crippen LogP contribution in [0.4, 0.5) is 0 Å². The van der Waals surface area contributed by atoms with Crippen LogP contribution in [0.15, 0.2) is 24.3 Å². The average Bonchev–Trinajstić information content (AvgIpc) is 2.70. The Labute approximate surface area is 111 Å². The van der Waals surface area contributed by atoms with Crippen molar-refractivity contribution in [2.24, 2.45) is 0 Å². The standard InChI is InChI=1S/C13H18O3P2/c1-13(2)15-8-12(16-13)11-6-4-10(5-7-11)9-18(3)17-14/h4-7,12H,8-9H2,1-3H3. The fraction of sp³-hybridized carbons (Fsp3) is 0.538. The smallest absolute Gasteiger partial charge is 0.181 e. The second-order valence-corrected chi connectivity index (χ2v) is 9.29. The van der Waals surface area contributed by atoms with Crippen molar-refractivity contribution < 1.29 is 14.0 Å². The molecule has 0 spiro atoms. The van der Waals surface area contributed by atoms with Crippen molar-refractivity contribution in [2.45, 2.75) is 31.9 Å². The Bertz CT molecular complexity index is 417. The zero-order valence-corrected chi connectivity index (χ0v) is 12.7. The van der Waals surface area contributed by atoms with Gasteiger partial charge in [0.2, 0.25) is 0 Å². The van der Waals surface area contributed by atoms with Crippen molar-refractivity contribution >= 4 is 15.8 Å². The molecule has 1 aliphatic heterocycles. The van der Waals surface area contributed by atoms with E-state index in [0.717, 1.165) is 11.7 Å². The summed E-state index contributed by atoms with van der Waals surface area (Å²) in [6, 6.07) is 8.34. The van der Waals surface area contributed by atoms with E-state index >= 15 is 0 Å². The lowest BCUT2D eigenvalue weighted by Crippen LogP contribution is -2.19. The van der Waals surface area contributed by atoms with Crippen molar-refractivity contribution in [1.29, 1.82) is 0 Å². The fourth-order valence-electron chi connectivity index (χ4n) is 1.98. The van der Waals surface area contributed by atoms with Crippen molar-refractivity contribution in [1.82, 2.24) is 0 Å². The van der Waals surface area contributed by atoms with Gasteiger partial charge in [-0.1, -0.05) is 24.3 Å². The SMILES string of the molecule is CP(Cc1ccc(C2COC(C)(C)O2)cc1)P=O. The summed E-state index contributed by atoms with van der Waals surface area (Å²) in [5.74, 6) is -0.484. The van der Waals surface area contributed by atoms with Crippen molar-refractivity contribution in [3.63, 3.8) is 0 Å². The highest BCUT2D eigenvalue weighted by atomic mass is 32.0. The third kappa shape index (κ3) is 3.59. The number of hydrogen-bond donors (Lipinski definition) is 0. The summed E-state index contributed by atoms with van der Waals surface area (Å²) in [6.45, 7) is 6.50. The second kappa shape index (κ2) is 5.75. The lowest BCUT2D eigenvalue weighted by atomic mass is 10.1. The minimum Gasteiger partial charge on any atom is -0.347 e. The maximum Gasteiger partial charge on any atom is 0.181 e. The molecule has 0 radical (unpaired) electrons. The molecule has 2 rings (SSSR count). The van der Waals surface area contributed by atoms with Gasteiger partial charge in [-0.2, -0.15) is 0 Å². The highest BCUT2D eigenvalue weighted by Gasteiger charge is 2.33. The third-order valence-corrected chi connectivity index (χ3v) is 5.27. The van der Waals surface area contributed by atoms with Gasteiger partial charge in [-0.3, -0.25) is 4.57 Å². The predicted molar refractivity (Wildman–Crippen MR) is 74.5 cm³/mol. The first-order chi connectivity index (χ1) is 8.50. The summed E-state index contributed by atoms with van der Waals surface area (Å²) < 4.78 is 22.1. The maximum absolute atomic E-state index is 10.7. The highest BCUT2D eigenvalue weighted by molar-refractivity contribution is 8.15. The Kier molecular flexibility index (Phi) is 4.50. The third-order valence-electron chi connectivity index (χ3n) is 2.91. The van der Waals surface area contributed by atoms with Crippen molar-refractivity contribution in [3.05, 3.63) is 35.4 Å². The lowest BCUT2D eigenvalue weighted by Gasteiger charge is -2.17. The Morgan fingerprint density at radius 3 is 2.56 bits per heavy atom. The summed E-state index contributed by atoms with van der Waals surface area (Å²) in [5, 5.41) is 0. The molecular weight excluding hydrogens is 266 g/mol. The van der Waals surface area contributed by atoms with Crippen LogP contribution in [0.2, 0.25) is 0 Å². The molecule has 0 N–H and O–H groups in total. The number of benzene rings is 1. The summed E-state index contributed by atoms with van der Waals surface area (Å²) in [4.78, 5) is 0. The van der Waals surface area contributed by atoms with E-state index in [-0.39, 0.29) is 14.3 Å². The lowest BCUT2D eigenvalue weighted by molar-refractivity contribution is -0.139. The van der Waals surface area contributed by atoms with Gasteiger partial charge in [-0.25, -0.2) is 0 Å². The molecule has 0 aliphatic carbocycles. The number of hydrogen-bond acceptors (Lipinski definition) is 3. The summed E-state index contributed by atoms with van der Waals surface area (Å²) >= 11 is 0. The first-order valence-electron chi connectivity index (χ1n) is 5.95. The van der Waals surface area contributed by atoms with Crippen LogP contribution in [0.1, 0.15) is 31.1 Å². The Morgan fingerprint density at radius 2 is 2.06 bits per heavy atom.